The monoisotopic (exact) mass is 341 g/mol. The van der Waals surface area contributed by atoms with Crippen LogP contribution in [0.3, 0.4) is 0 Å². The van der Waals surface area contributed by atoms with Gasteiger partial charge in [-0.1, -0.05) is 30.3 Å². The summed E-state index contributed by atoms with van der Waals surface area (Å²) in [6.07, 6.45) is 1.04. The zero-order valence-electron chi connectivity index (χ0n) is 14.0. The van der Waals surface area contributed by atoms with Crippen LogP contribution in [-0.4, -0.2) is 26.2 Å². The second kappa shape index (κ2) is 9.12. The minimum Gasteiger partial charge on any atom is -0.489 e. The Morgan fingerprint density at radius 1 is 0.960 bits per heavy atom. The van der Waals surface area contributed by atoms with Gasteiger partial charge < -0.3 is 19.5 Å². The standard InChI is InChI=1S/C19H19NO5/c1-23-18(21)12-17(19(22)24-2)20-15-10-8-14(9-11-15)13-25-16-6-4-3-5-7-16/h3-12,20H,13H2,1-2H3/b17-12+. The van der Waals surface area contributed by atoms with Crippen molar-refractivity contribution < 1.29 is 23.8 Å². The third kappa shape index (κ3) is 5.69. The van der Waals surface area contributed by atoms with Gasteiger partial charge in [0.05, 0.1) is 20.3 Å². The van der Waals surface area contributed by atoms with Gasteiger partial charge in [-0.25, -0.2) is 9.59 Å². The SMILES string of the molecule is COC(=O)/C=C(/Nc1ccc(COc2ccccc2)cc1)C(=O)OC. The highest BCUT2D eigenvalue weighted by Gasteiger charge is 2.12. The predicted molar refractivity (Wildman–Crippen MR) is 93.0 cm³/mol. The number of para-hydroxylation sites is 1. The zero-order valence-corrected chi connectivity index (χ0v) is 14.0. The molecule has 0 fully saturated rings. The second-order valence-electron chi connectivity index (χ2n) is 5.00. The lowest BCUT2D eigenvalue weighted by Gasteiger charge is -2.10. The Balaban J connectivity index is 2.01. The quantitative estimate of drug-likeness (QED) is 0.617. The average molecular weight is 341 g/mol. The van der Waals surface area contributed by atoms with Crippen molar-refractivity contribution in [2.75, 3.05) is 19.5 Å². The van der Waals surface area contributed by atoms with Crippen molar-refractivity contribution in [1.82, 2.24) is 0 Å². The topological polar surface area (TPSA) is 73.9 Å². The molecule has 0 aliphatic rings. The van der Waals surface area contributed by atoms with Crippen molar-refractivity contribution >= 4 is 17.6 Å². The fraction of sp³-hybridized carbons (Fsp3) is 0.158. The molecule has 0 atom stereocenters. The summed E-state index contributed by atoms with van der Waals surface area (Å²) in [4.78, 5) is 23.1. The highest BCUT2D eigenvalue weighted by atomic mass is 16.5. The molecule has 25 heavy (non-hydrogen) atoms. The summed E-state index contributed by atoms with van der Waals surface area (Å²) < 4.78 is 14.8. The lowest BCUT2D eigenvalue weighted by atomic mass is 10.2. The Kier molecular flexibility index (Phi) is 6.59. The van der Waals surface area contributed by atoms with Gasteiger partial charge in [-0.3, -0.25) is 0 Å². The molecule has 0 saturated heterocycles. The summed E-state index contributed by atoms with van der Waals surface area (Å²) in [5, 5.41) is 2.84. The normalized spacial score (nSPS) is 10.7. The van der Waals surface area contributed by atoms with Crippen molar-refractivity contribution in [1.29, 1.82) is 0 Å². The van der Waals surface area contributed by atoms with Gasteiger partial charge in [0.15, 0.2) is 0 Å². The molecule has 0 saturated carbocycles. The molecule has 6 heteroatoms. The molecule has 0 spiro atoms. The average Bonchev–Trinajstić information content (AvgIpc) is 2.66. The minimum absolute atomic E-state index is 0.0114. The molecule has 0 aliphatic carbocycles. The Bertz CT molecular complexity index is 738. The highest BCUT2D eigenvalue weighted by Crippen LogP contribution is 2.15. The Morgan fingerprint density at radius 2 is 1.64 bits per heavy atom. The molecular formula is C19H19NO5. The first kappa shape index (κ1) is 18.1. The number of rotatable bonds is 7. The van der Waals surface area contributed by atoms with Gasteiger partial charge in [0.1, 0.15) is 18.1 Å². The van der Waals surface area contributed by atoms with E-state index in [0.717, 1.165) is 17.4 Å². The minimum atomic E-state index is -0.665. The molecule has 6 nitrogen and oxygen atoms in total. The molecule has 0 heterocycles. The van der Waals surface area contributed by atoms with Crippen molar-refractivity contribution in [3.8, 4) is 5.75 Å². The van der Waals surface area contributed by atoms with Crippen molar-refractivity contribution in [2.24, 2.45) is 0 Å². The molecule has 130 valence electrons. The fourth-order valence-corrected chi connectivity index (χ4v) is 1.96. The van der Waals surface area contributed by atoms with Crippen molar-refractivity contribution in [2.45, 2.75) is 6.61 Å². The molecule has 2 aromatic carbocycles. The summed E-state index contributed by atoms with van der Waals surface area (Å²) >= 11 is 0. The van der Waals surface area contributed by atoms with Gasteiger partial charge in [-0.2, -0.15) is 0 Å². The van der Waals surface area contributed by atoms with Gasteiger partial charge >= 0.3 is 11.9 Å². The second-order valence-corrected chi connectivity index (χ2v) is 5.00. The van der Waals surface area contributed by atoms with E-state index in [0.29, 0.717) is 12.3 Å². The van der Waals surface area contributed by atoms with Crippen LogP contribution in [0.15, 0.2) is 66.4 Å². The molecule has 0 amide bonds. The number of ether oxygens (including phenoxy) is 3. The number of hydrogen-bond acceptors (Lipinski definition) is 6. The van der Waals surface area contributed by atoms with E-state index in [9.17, 15) is 9.59 Å². The first-order valence-electron chi connectivity index (χ1n) is 7.54. The van der Waals surface area contributed by atoms with E-state index in [2.05, 4.69) is 14.8 Å². The number of carbonyl (C=O) groups excluding carboxylic acids is 2. The maximum atomic E-state index is 11.7. The van der Waals surface area contributed by atoms with E-state index in [4.69, 9.17) is 4.74 Å². The van der Waals surface area contributed by atoms with Crippen LogP contribution in [0.4, 0.5) is 5.69 Å². The number of esters is 2. The van der Waals surface area contributed by atoms with E-state index in [-0.39, 0.29) is 5.70 Å². The summed E-state index contributed by atoms with van der Waals surface area (Å²) in [6.45, 7) is 0.423. The first-order chi connectivity index (χ1) is 12.1. The number of anilines is 1. The summed E-state index contributed by atoms with van der Waals surface area (Å²) in [5.74, 6) is -0.527. The molecule has 0 bridgehead atoms. The molecule has 0 unspecified atom stereocenters. The van der Waals surface area contributed by atoms with Crippen molar-refractivity contribution in [3.63, 3.8) is 0 Å². The van der Waals surface area contributed by atoms with Crippen LogP contribution in [0.1, 0.15) is 5.56 Å². The third-order valence-electron chi connectivity index (χ3n) is 3.25. The molecule has 2 aromatic rings. The number of nitrogens with one attached hydrogen (secondary N) is 1. The number of benzene rings is 2. The Hall–Kier alpha value is -3.28. The van der Waals surface area contributed by atoms with Crippen LogP contribution in [0.2, 0.25) is 0 Å². The molecule has 0 radical (unpaired) electrons. The van der Waals surface area contributed by atoms with Crippen LogP contribution in [0.25, 0.3) is 0 Å². The molecule has 2 rings (SSSR count). The fourth-order valence-electron chi connectivity index (χ4n) is 1.96. The smallest absolute Gasteiger partial charge is 0.354 e. The Morgan fingerprint density at radius 3 is 2.24 bits per heavy atom. The summed E-state index contributed by atoms with van der Waals surface area (Å²) in [5.41, 5.74) is 1.58. The zero-order chi connectivity index (χ0) is 18.1. The van der Waals surface area contributed by atoms with Crippen LogP contribution in [0.5, 0.6) is 5.75 Å². The molecule has 0 aliphatic heterocycles. The highest BCUT2D eigenvalue weighted by molar-refractivity contribution is 5.98. The van der Waals surface area contributed by atoms with Crippen molar-refractivity contribution in [3.05, 3.63) is 71.9 Å². The van der Waals surface area contributed by atoms with Gasteiger partial charge in [-0.05, 0) is 29.8 Å². The van der Waals surface area contributed by atoms with Gasteiger partial charge in [0, 0.05) is 5.69 Å². The first-order valence-corrected chi connectivity index (χ1v) is 7.54. The Labute approximate surface area is 146 Å². The number of methoxy groups -OCH3 is 2. The molecule has 0 aromatic heterocycles. The maximum Gasteiger partial charge on any atom is 0.354 e. The summed E-state index contributed by atoms with van der Waals surface area (Å²) in [7, 11) is 2.47. The van der Waals surface area contributed by atoms with E-state index < -0.39 is 11.9 Å². The van der Waals surface area contributed by atoms with Crippen LogP contribution < -0.4 is 10.1 Å². The third-order valence-corrected chi connectivity index (χ3v) is 3.25. The van der Waals surface area contributed by atoms with E-state index in [1.54, 1.807) is 12.1 Å². The molecule has 1 N–H and O–H groups in total. The predicted octanol–water partition coefficient (Wildman–Crippen LogP) is 2.91. The lowest BCUT2D eigenvalue weighted by Crippen LogP contribution is -2.15. The van der Waals surface area contributed by atoms with E-state index in [1.165, 1.54) is 14.2 Å². The van der Waals surface area contributed by atoms with Gasteiger partial charge in [0.25, 0.3) is 0 Å². The molecular weight excluding hydrogens is 322 g/mol. The van der Waals surface area contributed by atoms with Crippen LogP contribution in [-0.2, 0) is 25.7 Å². The largest absolute Gasteiger partial charge is 0.489 e. The van der Waals surface area contributed by atoms with Gasteiger partial charge in [0.2, 0.25) is 0 Å². The van der Waals surface area contributed by atoms with E-state index >= 15 is 0 Å². The summed E-state index contributed by atoms with van der Waals surface area (Å²) in [6, 6.07) is 16.8. The number of carbonyl (C=O) groups is 2. The van der Waals surface area contributed by atoms with Gasteiger partial charge in [-0.15, -0.1) is 0 Å². The number of hydrogen-bond donors (Lipinski definition) is 1. The van der Waals surface area contributed by atoms with E-state index in [1.807, 2.05) is 42.5 Å². The van der Waals surface area contributed by atoms with Crippen LogP contribution >= 0.6 is 0 Å². The van der Waals surface area contributed by atoms with Crippen LogP contribution in [0, 0.1) is 0 Å². The maximum absolute atomic E-state index is 11.7. The lowest BCUT2D eigenvalue weighted by molar-refractivity contribution is -0.138.